The van der Waals surface area contributed by atoms with E-state index in [1.165, 1.54) is 0 Å². The summed E-state index contributed by atoms with van der Waals surface area (Å²) in [5.74, 6) is 0.677. The van der Waals surface area contributed by atoms with Crippen LogP contribution in [0.3, 0.4) is 0 Å². The summed E-state index contributed by atoms with van der Waals surface area (Å²) in [6.45, 7) is 2.87. The SMILES string of the molecule is Cc1ccc([C@@H](C)N)c(OCCCOCC(F)(F)F)c1. The largest absolute Gasteiger partial charge is 0.493 e. The second-order valence-corrected chi connectivity index (χ2v) is 4.70. The number of hydrogen-bond donors (Lipinski definition) is 1. The molecular formula is C14H20F3NO2. The first-order valence-corrected chi connectivity index (χ1v) is 6.43. The van der Waals surface area contributed by atoms with Crippen LogP contribution in [0.1, 0.15) is 30.5 Å². The molecule has 1 aromatic carbocycles. The number of aryl methyl sites for hydroxylation is 1. The molecule has 1 aromatic rings. The number of hydrogen-bond acceptors (Lipinski definition) is 3. The van der Waals surface area contributed by atoms with Gasteiger partial charge in [-0.15, -0.1) is 0 Å². The summed E-state index contributed by atoms with van der Waals surface area (Å²) in [5, 5.41) is 0. The number of alkyl halides is 3. The molecule has 0 aliphatic rings. The van der Waals surface area contributed by atoms with Gasteiger partial charge >= 0.3 is 6.18 Å². The van der Waals surface area contributed by atoms with Gasteiger partial charge in [-0.1, -0.05) is 12.1 Å². The first kappa shape index (κ1) is 16.8. The summed E-state index contributed by atoms with van der Waals surface area (Å²) in [4.78, 5) is 0. The van der Waals surface area contributed by atoms with Crippen LogP contribution in [0.4, 0.5) is 13.2 Å². The maximum absolute atomic E-state index is 11.8. The molecule has 2 N–H and O–H groups in total. The van der Waals surface area contributed by atoms with Gasteiger partial charge < -0.3 is 15.2 Å². The smallest absolute Gasteiger partial charge is 0.411 e. The molecule has 1 rings (SSSR count). The number of halogens is 3. The highest BCUT2D eigenvalue weighted by molar-refractivity contribution is 5.38. The van der Waals surface area contributed by atoms with Crippen molar-refractivity contribution in [3.05, 3.63) is 29.3 Å². The van der Waals surface area contributed by atoms with Gasteiger partial charge in [0.05, 0.1) is 13.2 Å². The van der Waals surface area contributed by atoms with Crippen molar-refractivity contribution in [3.8, 4) is 5.75 Å². The Labute approximate surface area is 116 Å². The molecule has 0 fully saturated rings. The Balaban J connectivity index is 2.37. The summed E-state index contributed by atoms with van der Waals surface area (Å²) in [5.41, 5.74) is 7.76. The summed E-state index contributed by atoms with van der Waals surface area (Å²) < 4.78 is 45.6. The van der Waals surface area contributed by atoms with E-state index in [1.807, 2.05) is 32.0 Å². The van der Waals surface area contributed by atoms with E-state index < -0.39 is 12.8 Å². The first-order valence-electron chi connectivity index (χ1n) is 6.43. The van der Waals surface area contributed by atoms with Gasteiger partial charge in [0, 0.05) is 18.0 Å². The van der Waals surface area contributed by atoms with Crippen LogP contribution in [0, 0.1) is 6.92 Å². The maximum atomic E-state index is 11.8. The third kappa shape index (κ3) is 6.25. The lowest BCUT2D eigenvalue weighted by Crippen LogP contribution is -2.18. The van der Waals surface area contributed by atoms with Crippen molar-refractivity contribution in [1.29, 1.82) is 0 Å². The molecule has 0 aliphatic carbocycles. The molecule has 0 saturated heterocycles. The van der Waals surface area contributed by atoms with Crippen molar-refractivity contribution in [1.82, 2.24) is 0 Å². The summed E-state index contributed by atoms with van der Waals surface area (Å²) in [7, 11) is 0. The molecule has 6 heteroatoms. The van der Waals surface area contributed by atoms with E-state index in [9.17, 15) is 13.2 Å². The molecule has 0 heterocycles. The van der Waals surface area contributed by atoms with Gasteiger partial charge in [0.25, 0.3) is 0 Å². The zero-order valence-corrected chi connectivity index (χ0v) is 11.7. The van der Waals surface area contributed by atoms with Crippen molar-refractivity contribution < 1.29 is 22.6 Å². The molecule has 1 atom stereocenters. The predicted molar refractivity (Wildman–Crippen MR) is 70.8 cm³/mol. The summed E-state index contributed by atoms with van der Waals surface area (Å²) in [6.07, 6.45) is -3.89. The first-order chi connectivity index (χ1) is 9.29. The normalized spacial score (nSPS) is 13.3. The standard InChI is InChI=1S/C14H20F3NO2/c1-10-4-5-12(11(2)18)13(8-10)20-7-3-6-19-9-14(15,16)17/h4-5,8,11H,3,6-7,9,18H2,1-2H3/t11-/m1/s1. The highest BCUT2D eigenvalue weighted by Gasteiger charge is 2.27. The quantitative estimate of drug-likeness (QED) is 0.783. The molecule has 0 aromatic heterocycles. The highest BCUT2D eigenvalue weighted by atomic mass is 19.4. The molecule has 0 spiro atoms. The van der Waals surface area contributed by atoms with E-state index in [2.05, 4.69) is 4.74 Å². The fraction of sp³-hybridized carbons (Fsp3) is 0.571. The Bertz CT molecular complexity index is 419. The van der Waals surface area contributed by atoms with Crippen LogP contribution in [0.2, 0.25) is 0 Å². The van der Waals surface area contributed by atoms with Gasteiger partial charge in [-0.3, -0.25) is 0 Å². The monoisotopic (exact) mass is 291 g/mol. The van der Waals surface area contributed by atoms with Crippen LogP contribution in [-0.4, -0.2) is 26.0 Å². The Morgan fingerprint density at radius 2 is 1.95 bits per heavy atom. The molecule has 114 valence electrons. The number of ether oxygens (including phenoxy) is 2. The zero-order chi connectivity index (χ0) is 15.2. The second-order valence-electron chi connectivity index (χ2n) is 4.70. The van der Waals surface area contributed by atoms with Gasteiger partial charge in [0.1, 0.15) is 12.4 Å². The molecule has 0 unspecified atom stereocenters. The van der Waals surface area contributed by atoms with Crippen molar-refractivity contribution in [2.45, 2.75) is 32.5 Å². The van der Waals surface area contributed by atoms with Crippen LogP contribution >= 0.6 is 0 Å². The zero-order valence-electron chi connectivity index (χ0n) is 11.7. The van der Waals surface area contributed by atoms with E-state index in [0.29, 0.717) is 18.8 Å². The summed E-state index contributed by atoms with van der Waals surface area (Å²) >= 11 is 0. The second kappa shape index (κ2) is 7.50. The minimum atomic E-state index is -4.28. The van der Waals surface area contributed by atoms with Gasteiger partial charge in [-0.25, -0.2) is 0 Å². The molecule has 0 saturated carbocycles. The van der Waals surface area contributed by atoms with E-state index in [4.69, 9.17) is 10.5 Å². The Morgan fingerprint density at radius 3 is 2.55 bits per heavy atom. The van der Waals surface area contributed by atoms with Gasteiger partial charge in [-0.2, -0.15) is 13.2 Å². The van der Waals surface area contributed by atoms with Crippen LogP contribution in [-0.2, 0) is 4.74 Å². The van der Waals surface area contributed by atoms with E-state index >= 15 is 0 Å². The van der Waals surface area contributed by atoms with Crippen LogP contribution < -0.4 is 10.5 Å². The van der Waals surface area contributed by atoms with E-state index in [-0.39, 0.29) is 12.6 Å². The van der Waals surface area contributed by atoms with Crippen LogP contribution in [0.25, 0.3) is 0 Å². The number of rotatable bonds is 7. The molecule has 0 amide bonds. The molecule has 20 heavy (non-hydrogen) atoms. The Hall–Kier alpha value is -1.27. The predicted octanol–water partition coefficient (Wildman–Crippen LogP) is 3.36. The van der Waals surface area contributed by atoms with Crippen molar-refractivity contribution in [3.63, 3.8) is 0 Å². The fourth-order valence-electron chi connectivity index (χ4n) is 1.67. The Morgan fingerprint density at radius 1 is 1.25 bits per heavy atom. The average Bonchev–Trinajstić information content (AvgIpc) is 2.32. The number of benzene rings is 1. The minimum Gasteiger partial charge on any atom is -0.493 e. The molecular weight excluding hydrogens is 271 g/mol. The minimum absolute atomic E-state index is 0.0127. The van der Waals surface area contributed by atoms with Gasteiger partial charge in [0.2, 0.25) is 0 Å². The highest BCUT2D eigenvalue weighted by Crippen LogP contribution is 2.25. The van der Waals surface area contributed by atoms with Crippen molar-refractivity contribution in [2.75, 3.05) is 19.8 Å². The van der Waals surface area contributed by atoms with Gasteiger partial charge in [-0.05, 0) is 25.5 Å². The molecule has 0 radical (unpaired) electrons. The van der Waals surface area contributed by atoms with Crippen LogP contribution in [0.15, 0.2) is 18.2 Å². The topological polar surface area (TPSA) is 44.5 Å². The van der Waals surface area contributed by atoms with Gasteiger partial charge in [0.15, 0.2) is 0 Å². The van der Waals surface area contributed by atoms with E-state index in [0.717, 1.165) is 11.1 Å². The van der Waals surface area contributed by atoms with Crippen LogP contribution in [0.5, 0.6) is 5.75 Å². The lowest BCUT2D eigenvalue weighted by Gasteiger charge is -2.15. The third-order valence-corrected chi connectivity index (χ3v) is 2.62. The van der Waals surface area contributed by atoms with Crippen molar-refractivity contribution in [2.24, 2.45) is 5.73 Å². The average molecular weight is 291 g/mol. The fourth-order valence-corrected chi connectivity index (χ4v) is 1.67. The summed E-state index contributed by atoms with van der Waals surface area (Å²) in [6, 6.07) is 5.55. The Kier molecular flexibility index (Phi) is 6.29. The lowest BCUT2D eigenvalue weighted by molar-refractivity contribution is -0.174. The van der Waals surface area contributed by atoms with Crippen molar-refractivity contribution >= 4 is 0 Å². The molecule has 0 bridgehead atoms. The third-order valence-electron chi connectivity index (χ3n) is 2.62. The maximum Gasteiger partial charge on any atom is 0.411 e. The molecule has 3 nitrogen and oxygen atoms in total. The lowest BCUT2D eigenvalue weighted by atomic mass is 10.1. The number of nitrogens with two attached hydrogens (primary N) is 1. The van der Waals surface area contributed by atoms with E-state index in [1.54, 1.807) is 0 Å². The molecule has 0 aliphatic heterocycles.